The van der Waals surface area contributed by atoms with E-state index in [1.807, 2.05) is 10.9 Å². The van der Waals surface area contributed by atoms with Crippen LogP contribution in [0.4, 0.5) is 0 Å². The SMILES string of the molecule is CCn1cc(C(C)NCCCOCC2CCCO2)cn1. The number of ether oxygens (including phenoxy) is 2. The van der Waals surface area contributed by atoms with Crippen LogP contribution in [0.15, 0.2) is 12.4 Å². The molecule has 0 spiro atoms. The molecule has 2 heterocycles. The van der Waals surface area contributed by atoms with Crippen LogP contribution in [-0.2, 0) is 16.0 Å². The first-order valence-corrected chi connectivity index (χ1v) is 7.74. The zero-order valence-electron chi connectivity index (χ0n) is 12.7. The smallest absolute Gasteiger partial charge is 0.0809 e. The lowest BCUT2D eigenvalue weighted by atomic mass is 10.2. The van der Waals surface area contributed by atoms with E-state index in [-0.39, 0.29) is 0 Å². The van der Waals surface area contributed by atoms with Gasteiger partial charge in [-0.05, 0) is 39.7 Å². The van der Waals surface area contributed by atoms with Crippen LogP contribution in [0.5, 0.6) is 0 Å². The number of aryl methyl sites for hydroxylation is 1. The van der Waals surface area contributed by atoms with Crippen LogP contribution >= 0.6 is 0 Å². The van der Waals surface area contributed by atoms with E-state index in [1.54, 1.807) is 0 Å². The summed E-state index contributed by atoms with van der Waals surface area (Å²) in [5, 5.41) is 7.80. The van der Waals surface area contributed by atoms with Gasteiger partial charge < -0.3 is 14.8 Å². The van der Waals surface area contributed by atoms with Gasteiger partial charge in [-0.3, -0.25) is 4.68 Å². The Balaban J connectivity index is 1.51. The highest BCUT2D eigenvalue weighted by molar-refractivity contribution is 5.08. The number of nitrogens with one attached hydrogen (secondary N) is 1. The Kier molecular flexibility index (Phi) is 6.50. The van der Waals surface area contributed by atoms with E-state index in [2.05, 4.69) is 30.5 Å². The molecule has 20 heavy (non-hydrogen) atoms. The highest BCUT2D eigenvalue weighted by Gasteiger charge is 2.14. The molecule has 0 aromatic carbocycles. The minimum absolute atomic E-state index is 0.335. The second-order valence-electron chi connectivity index (χ2n) is 5.37. The van der Waals surface area contributed by atoms with E-state index in [9.17, 15) is 0 Å². The molecule has 1 fully saturated rings. The molecule has 5 heteroatoms. The lowest BCUT2D eigenvalue weighted by Gasteiger charge is -2.13. The highest BCUT2D eigenvalue weighted by Crippen LogP contribution is 2.12. The molecular weight excluding hydrogens is 254 g/mol. The quantitative estimate of drug-likeness (QED) is 0.705. The molecule has 1 aromatic heterocycles. The molecule has 0 amide bonds. The van der Waals surface area contributed by atoms with E-state index in [4.69, 9.17) is 9.47 Å². The second-order valence-corrected chi connectivity index (χ2v) is 5.37. The van der Waals surface area contributed by atoms with Crippen molar-refractivity contribution in [2.45, 2.75) is 51.8 Å². The normalized spacial score (nSPS) is 20.4. The molecule has 1 aliphatic heterocycles. The Morgan fingerprint density at radius 3 is 3.20 bits per heavy atom. The van der Waals surface area contributed by atoms with Crippen LogP contribution in [0.2, 0.25) is 0 Å². The average Bonchev–Trinajstić information content (AvgIpc) is 3.13. The van der Waals surface area contributed by atoms with E-state index in [0.29, 0.717) is 12.1 Å². The van der Waals surface area contributed by atoms with Gasteiger partial charge in [0.05, 0.1) is 18.9 Å². The van der Waals surface area contributed by atoms with Crippen LogP contribution in [0, 0.1) is 0 Å². The van der Waals surface area contributed by atoms with Crippen LogP contribution in [0.25, 0.3) is 0 Å². The Morgan fingerprint density at radius 2 is 2.50 bits per heavy atom. The summed E-state index contributed by atoms with van der Waals surface area (Å²) in [5.74, 6) is 0. The molecular formula is C15H27N3O2. The lowest BCUT2D eigenvalue weighted by Crippen LogP contribution is -2.21. The number of rotatable bonds is 9. The monoisotopic (exact) mass is 281 g/mol. The van der Waals surface area contributed by atoms with E-state index in [0.717, 1.165) is 45.8 Å². The van der Waals surface area contributed by atoms with Crippen LogP contribution in [-0.4, -0.2) is 42.2 Å². The fraction of sp³-hybridized carbons (Fsp3) is 0.800. The van der Waals surface area contributed by atoms with Crippen LogP contribution in [0.3, 0.4) is 0 Å². The second kappa shape index (κ2) is 8.39. The molecule has 2 atom stereocenters. The molecule has 2 rings (SSSR count). The first-order chi connectivity index (χ1) is 9.79. The minimum atomic E-state index is 0.335. The van der Waals surface area contributed by atoms with Gasteiger partial charge in [0.25, 0.3) is 0 Å². The Hall–Kier alpha value is -0.910. The van der Waals surface area contributed by atoms with Crippen molar-refractivity contribution in [2.75, 3.05) is 26.4 Å². The fourth-order valence-electron chi connectivity index (χ4n) is 2.38. The van der Waals surface area contributed by atoms with Crippen molar-refractivity contribution >= 4 is 0 Å². The van der Waals surface area contributed by atoms with Crippen molar-refractivity contribution in [1.82, 2.24) is 15.1 Å². The number of aromatic nitrogens is 2. The molecule has 0 saturated carbocycles. The molecule has 1 saturated heterocycles. The maximum atomic E-state index is 5.65. The summed E-state index contributed by atoms with van der Waals surface area (Å²) < 4.78 is 13.1. The fourth-order valence-corrected chi connectivity index (χ4v) is 2.38. The Bertz CT molecular complexity index is 375. The standard InChI is InChI=1S/C15H27N3O2/c1-3-18-11-14(10-17-18)13(2)16-7-5-8-19-12-15-6-4-9-20-15/h10-11,13,15-16H,3-9,12H2,1-2H3. The Labute approximate surface area is 121 Å². The zero-order chi connectivity index (χ0) is 14.2. The molecule has 1 aromatic rings. The van der Waals surface area contributed by atoms with Gasteiger partial charge in [0.2, 0.25) is 0 Å². The van der Waals surface area contributed by atoms with Crippen molar-refractivity contribution in [3.05, 3.63) is 18.0 Å². The minimum Gasteiger partial charge on any atom is -0.379 e. The van der Waals surface area contributed by atoms with Gasteiger partial charge in [-0.15, -0.1) is 0 Å². The van der Waals surface area contributed by atoms with Gasteiger partial charge in [-0.2, -0.15) is 5.10 Å². The summed E-state index contributed by atoms with van der Waals surface area (Å²) in [4.78, 5) is 0. The van der Waals surface area contributed by atoms with E-state index in [1.165, 1.54) is 12.0 Å². The first kappa shape index (κ1) is 15.5. The predicted octanol–water partition coefficient (Wildman–Crippen LogP) is 2.14. The predicted molar refractivity (Wildman–Crippen MR) is 78.7 cm³/mol. The summed E-state index contributed by atoms with van der Waals surface area (Å²) >= 11 is 0. The van der Waals surface area contributed by atoms with Crippen molar-refractivity contribution in [3.63, 3.8) is 0 Å². The summed E-state index contributed by atoms with van der Waals surface area (Å²) in [6.07, 6.45) is 7.73. The third kappa shape index (κ3) is 4.89. The van der Waals surface area contributed by atoms with Gasteiger partial charge in [-0.1, -0.05) is 0 Å². The molecule has 5 nitrogen and oxygen atoms in total. The third-order valence-corrected chi connectivity index (χ3v) is 3.72. The molecule has 114 valence electrons. The lowest BCUT2D eigenvalue weighted by molar-refractivity contribution is 0.0165. The number of hydrogen-bond acceptors (Lipinski definition) is 4. The van der Waals surface area contributed by atoms with Crippen molar-refractivity contribution < 1.29 is 9.47 Å². The molecule has 1 aliphatic rings. The van der Waals surface area contributed by atoms with E-state index >= 15 is 0 Å². The summed E-state index contributed by atoms with van der Waals surface area (Å²) in [6.45, 7) is 8.60. The molecule has 0 radical (unpaired) electrons. The largest absolute Gasteiger partial charge is 0.379 e. The van der Waals surface area contributed by atoms with Crippen molar-refractivity contribution in [2.24, 2.45) is 0 Å². The summed E-state index contributed by atoms with van der Waals surface area (Å²) in [6, 6.07) is 0.341. The van der Waals surface area contributed by atoms with Gasteiger partial charge in [0.1, 0.15) is 0 Å². The summed E-state index contributed by atoms with van der Waals surface area (Å²) in [5.41, 5.74) is 1.24. The maximum absolute atomic E-state index is 5.65. The van der Waals surface area contributed by atoms with Crippen molar-refractivity contribution in [3.8, 4) is 0 Å². The van der Waals surface area contributed by atoms with Gasteiger partial charge in [0, 0.05) is 37.6 Å². The average molecular weight is 281 g/mol. The topological polar surface area (TPSA) is 48.3 Å². The van der Waals surface area contributed by atoms with E-state index < -0.39 is 0 Å². The van der Waals surface area contributed by atoms with Gasteiger partial charge in [-0.25, -0.2) is 0 Å². The summed E-state index contributed by atoms with van der Waals surface area (Å²) in [7, 11) is 0. The third-order valence-electron chi connectivity index (χ3n) is 3.72. The highest BCUT2D eigenvalue weighted by atomic mass is 16.5. The van der Waals surface area contributed by atoms with Crippen molar-refractivity contribution in [1.29, 1.82) is 0 Å². The van der Waals surface area contributed by atoms with Crippen LogP contribution < -0.4 is 5.32 Å². The Morgan fingerprint density at radius 1 is 1.60 bits per heavy atom. The van der Waals surface area contributed by atoms with Crippen LogP contribution in [0.1, 0.15) is 44.7 Å². The molecule has 0 bridgehead atoms. The molecule has 1 N–H and O–H groups in total. The number of nitrogens with zero attached hydrogens (tertiary/aromatic N) is 2. The van der Waals surface area contributed by atoms with Gasteiger partial charge in [0.15, 0.2) is 0 Å². The molecule has 2 unspecified atom stereocenters. The zero-order valence-corrected chi connectivity index (χ0v) is 12.7. The maximum Gasteiger partial charge on any atom is 0.0809 e. The van der Waals surface area contributed by atoms with Gasteiger partial charge >= 0.3 is 0 Å². The number of hydrogen-bond donors (Lipinski definition) is 1. The first-order valence-electron chi connectivity index (χ1n) is 7.74. The molecule has 0 aliphatic carbocycles.